The minimum absolute atomic E-state index is 0.245. The van der Waals surface area contributed by atoms with Gasteiger partial charge in [0.1, 0.15) is 6.04 Å². The fourth-order valence-corrected chi connectivity index (χ4v) is 3.17. The largest absolute Gasteiger partial charge is 0.480 e. The van der Waals surface area contributed by atoms with Crippen molar-refractivity contribution in [3.63, 3.8) is 0 Å². The van der Waals surface area contributed by atoms with Crippen LogP contribution in [0.1, 0.15) is 57.1 Å². The van der Waals surface area contributed by atoms with Crippen LogP contribution in [0.5, 0.6) is 0 Å². The van der Waals surface area contributed by atoms with Crippen molar-refractivity contribution in [2.45, 2.75) is 57.5 Å². The van der Waals surface area contributed by atoms with Crippen molar-refractivity contribution in [2.75, 3.05) is 0 Å². The molecule has 0 aliphatic heterocycles. The average molecular weight is 275 g/mol. The van der Waals surface area contributed by atoms with Gasteiger partial charge in [-0.25, -0.2) is 0 Å². The van der Waals surface area contributed by atoms with Crippen LogP contribution >= 0.6 is 0 Å². The lowest BCUT2D eigenvalue weighted by Gasteiger charge is -2.27. The first-order valence-electron chi connectivity index (χ1n) is 7.72. The number of carboxylic acids is 1. The van der Waals surface area contributed by atoms with Crippen LogP contribution < -0.4 is 5.32 Å². The SMILES string of the molecule is C[C@@H](NC(C(=O)O)c1ccccc1)C1CCCCCC1. The van der Waals surface area contributed by atoms with Crippen LogP contribution in [0.15, 0.2) is 30.3 Å². The first-order valence-corrected chi connectivity index (χ1v) is 7.72. The van der Waals surface area contributed by atoms with E-state index in [4.69, 9.17) is 0 Å². The zero-order chi connectivity index (χ0) is 14.4. The van der Waals surface area contributed by atoms with Crippen LogP contribution in [0.3, 0.4) is 0 Å². The molecule has 3 heteroatoms. The molecule has 0 saturated heterocycles. The minimum Gasteiger partial charge on any atom is -0.480 e. The second kappa shape index (κ2) is 7.44. The Hall–Kier alpha value is -1.35. The van der Waals surface area contributed by atoms with Gasteiger partial charge in [-0.1, -0.05) is 56.0 Å². The van der Waals surface area contributed by atoms with E-state index in [2.05, 4.69) is 12.2 Å². The molecule has 1 unspecified atom stereocenters. The standard InChI is InChI=1S/C17H25NO2/c1-13(14-9-5-2-3-6-10-14)18-16(17(19)20)15-11-7-4-8-12-15/h4,7-8,11-14,16,18H,2-3,5-6,9-10H2,1H3,(H,19,20)/t13-,16?/m1/s1. The summed E-state index contributed by atoms with van der Waals surface area (Å²) in [7, 11) is 0. The second-order valence-corrected chi connectivity index (χ2v) is 5.89. The third-order valence-corrected chi connectivity index (χ3v) is 4.42. The van der Waals surface area contributed by atoms with E-state index in [1.54, 1.807) is 0 Å². The topological polar surface area (TPSA) is 49.3 Å². The number of carbonyl (C=O) groups is 1. The Morgan fingerprint density at radius 2 is 1.75 bits per heavy atom. The van der Waals surface area contributed by atoms with E-state index in [-0.39, 0.29) is 6.04 Å². The van der Waals surface area contributed by atoms with E-state index in [9.17, 15) is 9.90 Å². The molecule has 3 nitrogen and oxygen atoms in total. The van der Waals surface area contributed by atoms with Gasteiger partial charge in [-0.05, 0) is 31.2 Å². The normalized spacial score (nSPS) is 20.1. The summed E-state index contributed by atoms with van der Waals surface area (Å²) in [6.07, 6.45) is 7.64. The Labute approximate surface area is 121 Å². The molecule has 110 valence electrons. The molecule has 0 amide bonds. The third-order valence-electron chi connectivity index (χ3n) is 4.42. The van der Waals surface area contributed by atoms with E-state index in [0.29, 0.717) is 5.92 Å². The van der Waals surface area contributed by atoms with Gasteiger partial charge in [0.25, 0.3) is 0 Å². The molecule has 2 rings (SSSR count). The molecule has 1 aromatic rings. The molecule has 0 radical (unpaired) electrons. The fraction of sp³-hybridized carbons (Fsp3) is 0.588. The van der Waals surface area contributed by atoms with Crippen LogP contribution in [0.25, 0.3) is 0 Å². The maximum Gasteiger partial charge on any atom is 0.325 e. The third kappa shape index (κ3) is 4.07. The number of benzene rings is 1. The van der Waals surface area contributed by atoms with Gasteiger partial charge < -0.3 is 5.11 Å². The number of nitrogens with one attached hydrogen (secondary N) is 1. The first kappa shape index (κ1) is 15.0. The molecule has 1 aromatic carbocycles. The lowest BCUT2D eigenvalue weighted by atomic mass is 9.92. The van der Waals surface area contributed by atoms with Gasteiger partial charge in [-0.2, -0.15) is 0 Å². The maximum atomic E-state index is 11.5. The van der Waals surface area contributed by atoms with Gasteiger partial charge in [0, 0.05) is 6.04 Å². The predicted molar refractivity (Wildman–Crippen MR) is 80.6 cm³/mol. The Morgan fingerprint density at radius 1 is 1.15 bits per heavy atom. The van der Waals surface area contributed by atoms with Crippen molar-refractivity contribution in [2.24, 2.45) is 5.92 Å². The van der Waals surface area contributed by atoms with E-state index < -0.39 is 12.0 Å². The predicted octanol–water partition coefficient (Wildman–Crippen LogP) is 3.76. The summed E-state index contributed by atoms with van der Waals surface area (Å²) >= 11 is 0. The van der Waals surface area contributed by atoms with Crippen molar-refractivity contribution in [1.29, 1.82) is 0 Å². The summed E-state index contributed by atoms with van der Waals surface area (Å²) in [4.78, 5) is 11.5. The highest BCUT2D eigenvalue weighted by Gasteiger charge is 2.26. The summed E-state index contributed by atoms with van der Waals surface area (Å²) in [5.74, 6) is -0.195. The van der Waals surface area contributed by atoms with Gasteiger partial charge in [-0.3, -0.25) is 10.1 Å². The van der Waals surface area contributed by atoms with Crippen molar-refractivity contribution in [3.8, 4) is 0 Å². The molecule has 1 aliphatic rings. The summed E-state index contributed by atoms with van der Waals surface area (Å²) in [5.41, 5.74) is 0.834. The maximum absolute atomic E-state index is 11.5. The quantitative estimate of drug-likeness (QED) is 0.804. The summed E-state index contributed by atoms with van der Waals surface area (Å²) in [6, 6.07) is 9.10. The van der Waals surface area contributed by atoms with Crippen LogP contribution in [0, 0.1) is 5.92 Å². The van der Waals surface area contributed by atoms with Crippen LogP contribution in [-0.4, -0.2) is 17.1 Å². The van der Waals surface area contributed by atoms with E-state index >= 15 is 0 Å². The highest BCUT2D eigenvalue weighted by atomic mass is 16.4. The molecule has 0 spiro atoms. The fourth-order valence-electron chi connectivity index (χ4n) is 3.17. The van der Waals surface area contributed by atoms with Gasteiger partial charge in [0.2, 0.25) is 0 Å². The summed E-state index contributed by atoms with van der Waals surface area (Å²) in [5, 5.41) is 12.8. The molecule has 20 heavy (non-hydrogen) atoms. The highest BCUT2D eigenvalue weighted by molar-refractivity contribution is 5.75. The Balaban J connectivity index is 2.02. The second-order valence-electron chi connectivity index (χ2n) is 5.89. The summed E-state index contributed by atoms with van der Waals surface area (Å²) in [6.45, 7) is 2.13. The van der Waals surface area contributed by atoms with Gasteiger partial charge in [-0.15, -0.1) is 0 Å². The van der Waals surface area contributed by atoms with Crippen molar-refractivity contribution in [1.82, 2.24) is 5.32 Å². The number of aliphatic carboxylic acids is 1. The van der Waals surface area contributed by atoms with Gasteiger partial charge in [0.15, 0.2) is 0 Å². The van der Waals surface area contributed by atoms with Crippen LogP contribution in [0.4, 0.5) is 0 Å². The number of rotatable bonds is 5. The van der Waals surface area contributed by atoms with Crippen molar-refractivity contribution < 1.29 is 9.90 Å². The first-order chi connectivity index (χ1) is 9.68. The summed E-state index contributed by atoms with van der Waals surface area (Å²) < 4.78 is 0. The number of hydrogen-bond donors (Lipinski definition) is 2. The van der Waals surface area contributed by atoms with Gasteiger partial charge >= 0.3 is 5.97 Å². The number of carboxylic acid groups (broad SMARTS) is 1. The average Bonchev–Trinajstić information content (AvgIpc) is 2.74. The minimum atomic E-state index is -0.795. The Morgan fingerprint density at radius 3 is 2.30 bits per heavy atom. The molecular formula is C17H25NO2. The lowest BCUT2D eigenvalue weighted by Crippen LogP contribution is -2.39. The smallest absolute Gasteiger partial charge is 0.325 e. The molecule has 1 fully saturated rings. The molecule has 1 saturated carbocycles. The van der Waals surface area contributed by atoms with Crippen LogP contribution in [0.2, 0.25) is 0 Å². The van der Waals surface area contributed by atoms with E-state index in [0.717, 1.165) is 5.56 Å². The molecular weight excluding hydrogens is 250 g/mol. The molecule has 2 atom stereocenters. The zero-order valence-corrected chi connectivity index (χ0v) is 12.2. The molecule has 1 aliphatic carbocycles. The highest BCUT2D eigenvalue weighted by Crippen LogP contribution is 2.27. The van der Waals surface area contributed by atoms with Crippen molar-refractivity contribution in [3.05, 3.63) is 35.9 Å². The van der Waals surface area contributed by atoms with Crippen molar-refractivity contribution >= 4 is 5.97 Å². The monoisotopic (exact) mass is 275 g/mol. The molecule has 2 N–H and O–H groups in total. The number of hydrogen-bond acceptors (Lipinski definition) is 2. The Bertz CT molecular complexity index is 410. The lowest BCUT2D eigenvalue weighted by molar-refractivity contribution is -0.140. The zero-order valence-electron chi connectivity index (χ0n) is 12.2. The van der Waals surface area contributed by atoms with Gasteiger partial charge in [0.05, 0.1) is 0 Å². The molecule has 0 aromatic heterocycles. The van der Waals surface area contributed by atoms with E-state index in [1.807, 2.05) is 30.3 Å². The molecule has 0 bridgehead atoms. The molecule has 0 heterocycles. The van der Waals surface area contributed by atoms with Crippen LogP contribution in [-0.2, 0) is 4.79 Å². The van der Waals surface area contributed by atoms with E-state index in [1.165, 1.54) is 38.5 Å². The Kier molecular flexibility index (Phi) is 5.60.